The molecule has 5 atom stereocenters. The van der Waals surface area contributed by atoms with Crippen LogP contribution in [0.4, 0.5) is 0 Å². The van der Waals surface area contributed by atoms with E-state index in [2.05, 4.69) is 0 Å². The summed E-state index contributed by atoms with van der Waals surface area (Å²) in [6.45, 7) is 6.14. The second-order valence-corrected chi connectivity index (χ2v) is 8.89. The highest BCUT2D eigenvalue weighted by Crippen LogP contribution is 2.39. The van der Waals surface area contributed by atoms with Gasteiger partial charge in [-0.15, -0.1) is 0 Å². The smallest absolute Gasteiger partial charge is 0.303 e. The highest BCUT2D eigenvalue weighted by molar-refractivity contribution is 6.31. The van der Waals surface area contributed by atoms with Crippen molar-refractivity contribution in [3.63, 3.8) is 0 Å². The number of ether oxygens (including phenoxy) is 6. The fourth-order valence-electron chi connectivity index (χ4n) is 4.23. The van der Waals surface area contributed by atoms with Crippen LogP contribution >= 0.6 is 11.6 Å². The molecule has 5 unspecified atom stereocenters. The number of methoxy groups -OCH3 is 1. The Hall–Kier alpha value is -3.14. The summed E-state index contributed by atoms with van der Waals surface area (Å²) in [5, 5.41) is 0.537. The van der Waals surface area contributed by atoms with Gasteiger partial charge in [0.05, 0.1) is 6.61 Å². The number of hydrogen-bond donors (Lipinski definition) is 0. The van der Waals surface area contributed by atoms with E-state index in [0.717, 1.165) is 16.9 Å². The molecule has 10 heteroatoms. The Morgan fingerprint density at radius 1 is 0.865 bits per heavy atom. The standard InChI is InChI=1S/C27H31ClO9/c1-6-33-21-10-7-18(8-11-21)13-20-14-19(9-12-22(20)28)23-24(34-15(2)29)25(35-16(3)30)26(36-17(4)31)27(32-5)37-23/h7-12,14,23-27H,6,13H2,1-5H3. The van der Waals surface area contributed by atoms with E-state index < -0.39 is 48.6 Å². The quantitative estimate of drug-likeness (QED) is 0.346. The summed E-state index contributed by atoms with van der Waals surface area (Å²) in [4.78, 5) is 35.8. The second kappa shape index (κ2) is 12.9. The van der Waals surface area contributed by atoms with Crippen LogP contribution in [-0.2, 0) is 44.5 Å². The average molecular weight is 535 g/mol. The van der Waals surface area contributed by atoms with Gasteiger partial charge in [0.1, 0.15) is 11.9 Å². The van der Waals surface area contributed by atoms with E-state index in [1.807, 2.05) is 37.3 Å². The van der Waals surface area contributed by atoms with E-state index in [9.17, 15) is 14.4 Å². The lowest BCUT2D eigenvalue weighted by molar-refractivity contribution is -0.300. The molecule has 37 heavy (non-hydrogen) atoms. The number of esters is 3. The molecule has 3 rings (SSSR count). The van der Waals surface area contributed by atoms with Crippen molar-refractivity contribution in [2.75, 3.05) is 13.7 Å². The Morgan fingerprint density at radius 3 is 2.03 bits per heavy atom. The Labute approximate surface area is 220 Å². The summed E-state index contributed by atoms with van der Waals surface area (Å²) in [7, 11) is 1.37. The van der Waals surface area contributed by atoms with Gasteiger partial charge in [-0.3, -0.25) is 14.4 Å². The van der Waals surface area contributed by atoms with E-state index in [1.54, 1.807) is 12.1 Å². The largest absolute Gasteiger partial charge is 0.494 e. The predicted octanol–water partition coefficient (Wildman–Crippen LogP) is 4.17. The number of carbonyl (C=O) groups is 3. The molecule has 9 nitrogen and oxygen atoms in total. The van der Waals surface area contributed by atoms with Gasteiger partial charge in [0.25, 0.3) is 0 Å². The average Bonchev–Trinajstić information content (AvgIpc) is 2.83. The highest BCUT2D eigenvalue weighted by atomic mass is 35.5. The van der Waals surface area contributed by atoms with Crippen LogP contribution < -0.4 is 4.74 Å². The van der Waals surface area contributed by atoms with Gasteiger partial charge < -0.3 is 28.4 Å². The van der Waals surface area contributed by atoms with Crippen molar-refractivity contribution in [1.82, 2.24) is 0 Å². The van der Waals surface area contributed by atoms with E-state index in [4.69, 9.17) is 40.0 Å². The van der Waals surface area contributed by atoms with E-state index >= 15 is 0 Å². The Morgan fingerprint density at radius 2 is 1.46 bits per heavy atom. The molecule has 0 spiro atoms. The Kier molecular flexibility index (Phi) is 9.91. The summed E-state index contributed by atoms with van der Waals surface area (Å²) >= 11 is 6.52. The van der Waals surface area contributed by atoms with Gasteiger partial charge in [-0.1, -0.05) is 35.9 Å². The van der Waals surface area contributed by atoms with Crippen LogP contribution in [0.3, 0.4) is 0 Å². The number of carbonyl (C=O) groups excluding carboxylic acids is 3. The SMILES string of the molecule is CCOc1ccc(Cc2cc(C3OC(OC)C(OC(C)=O)C(OC(C)=O)C3OC(C)=O)ccc2Cl)cc1. The lowest BCUT2D eigenvalue weighted by Crippen LogP contribution is -2.58. The zero-order valence-corrected chi connectivity index (χ0v) is 22.2. The third kappa shape index (κ3) is 7.44. The first-order valence-electron chi connectivity index (χ1n) is 11.8. The first-order chi connectivity index (χ1) is 17.6. The van der Waals surface area contributed by atoms with Crippen LogP contribution in [0.1, 0.15) is 50.5 Å². The van der Waals surface area contributed by atoms with Crippen molar-refractivity contribution in [2.24, 2.45) is 0 Å². The molecule has 1 saturated heterocycles. The zero-order chi connectivity index (χ0) is 27.1. The Balaban J connectivity index is 1.99. The molecule has 2 aromatic rings. The molecule has 1 aliphatic heterocycles. The molecule has 0 N–H and O–H groups in total. The normalized spacial score (nSPS) is 23.1. The van der Waals surface area contributed by atoms with Gasteiger partial charge in [0.2, 0.25) is 0 Å². The maximum atomic E-state index is 12.0. The molecule has 0 bridgehead atoms. The zero-order valence-electron chi connectivity index (χ0n) is 21.4. The molecular weight excluding hydrogens is 504 g/mol. The van der Waals surface area contributed by atoms with Crippen molar-refractivity contribution in [3.05, 3.63) is 64.2 Å². The van der Waals surface area contributed by atoms with Crippen molar-refractivity contribution < 1.29 is 42.8 Å². The van der Waals surface area contributed by atoms with Gasteiger partial charge in [0.15, 0.2) is 24.6 Å². The predicted molar refractivity (Wildman–Crippen MR) is 133 cm³/mol. The molecule has 0 aliphatic carbocycles. The topological polar surface area (TPSA) is 107 Å². The third-order valence-corrected chi connectivity index (χ3v) is 6.03. The molecular formula is C27H31ClO9. The van der Waals surface area contributed by atoms with Crippen molar-refractivity contribution in [3.8, 4) is 5.75 Å². The van der Waals surface area contributed by atoms with Gasteiger partial charge in [0, 0.05) is 32.9 Å². The maximum Gasteiger partial charge on any atom is 0.303 e. The van der Waals surface area contributed by atoms with Crippen molar-refractivity contribution in [1.29, 1.82) is 0 Å². The minimum Gasteiger partial charge on any atom is -0.494 e. The molecule has 0 aromatic heterocycles. The minimum atomic E-state index is -1.18. The summed E-state index contributed by atoms with van der Waals surface area (Å²) in [6, 6.07) is 13.0. The molecule has 0 saturated carbocycles. The third-order valence-electron chi connectivity index (χ3n) is 5.66. The summed E-state index contributed by atoms with van der Waals surface area (Å²) < 4.78 is 33.5. The minimum absolute atomic E-state index is 0.515. The summed E-state index contributed by atoms with van der Waals surface area (Å²) in [5.74, 6) is -1.15. The number of benzene rings is 2. The number of rotatable bonds is 9. The van der Waals surface area contributed by atoms with Gasteiger partial charge >= 0.3 is 17.9 Å². The number of halogens is 1. The van der Waals surface area contributed by atoms with Gasteiger partial charge in [-0.2, -0.15) is 0 Å². The molecule has 0 radical (unpaired) electrons. The molecule has 2 aromatic carbocycles. The second-order valence-electron chi connectivity index (χ2n) is 8.49. The summed E-state index contributed by atoms with van der Waals surface area (Å²) in [5.41, 5.74) is 2.41. The molecule has 0 amide bonds. The van der Waals surface area contributed by atoms with Crippen LogP contribution in [0, 0.1) is 0 Å². The molecule has 1 heterocycles. The van der Waals surface area contributed by atoms with Gasteiger partial charge in [-0.05, 0) is 48.2 Å². The van der Waals surface area contributed by atoms with Crippen LogP contribution in [0.25, 0.3) is 0 Å². The molecule has 1 fully saturated rings. The molecule has 200 valence electrons. The first kappa shape index (κ1) is 28.4. The van der Waals surface area contributed by atoms with Crippen LogP contribution in [0.2, 0.25) is 5.02 Å². The lowest BCUT2D eigenvalue weighted by atomic mass is 9.91. The van der Waals surface area contributed by atoms with Crippen molar-refractivity contribution >= 4 is 29.5 Å². The molecule has 1 aliphatic rings. The van der Waals surface area contributed by atoms with Crippen molar-refractivity contribution in [2.45, 2.75) is 64.8 Å². The van der Waals surface area contributed by atoms with Crippen LogP contribution in [0.5, 0.6) is 5.75 Å². The monoisotopic (exact) mass is 534 g/mol. The van der Waals surface area contributed by atoms with E-state index in [1.165, 1.54) is 27.9 Å². The van der Waals surface area contributed by atoms with E-state index in [0.29, 0.717) is 23.6 Å². The fourth-order valence-corrected chi connectivity index (χ4v) is 4.41. The van der Waals surface area contributed by atoms with Gasteiger partial charge in [-0.25, -0.2) is 0 Å². The number of hydrogen-bond acceptors (Lipinski definition) is 9. The lowest BCUT2D eigenvalue weighted by Gasteiger charge is -2.44. The summed E-state index contributed by atoms with van der Waals surface area (Å²) in [6.07, 6.45) is -4.98. The first-order valence-corrected chi connectivity index (χ1v) is 12.2. The van der Waals surface area contributed by atoms with E-state index in [-0.39, 0.29) is 0 Å². The Bertz CT molecular complexity index is 1100. The fraction of sp³-hybridized carbons (Fsp3) is 0.444. The maximum absolute atomic E-state index is 12.0. The van der Waals surface area contributed by atoms with Crippen LogP contribution in [-0.4, -0.2) is 56.2 Å². The highest BCUT2D eigenvalue weighted by Gasteiger charge is 2.52. The van der Waals surface area contributed by atoms with Crippen LogP contribution in [0.15, 0.2) is 42.5 Å².